The number of amides is 1. The Morgan fingerprint density at radius 2 is 1.78 bits per heavy atom. The number of hydrogen-bond donors (Lipinski definition) is 1. The summed E-state index contributed by atoms with van der Waals surface area (Å²) >= 11 is 1.27. The number of aryl methyl sites for hydroxylation is 1. The van der Waals surface area contributed by atoms with E-state index in [2.05, 4.69) is 34.6 Å². The Bertz CT molecular complexity index is 1420. The number of nitrogens with zero attached hydrogens (tertiary/aromatic N) is 5. The highest BCUT2D eigenvalue weighted by molar-refractivity contribution is 7.99. The molecule has 2 aromatic heterocycles. The Labute approximate surface area is 220 Å². The number of ether oxygens (including phenoxy) is 1. The summed E-state index contributed by atoms with van der Waals surface area (Å²) in [5, 5.41) is 12.0. The van der Waals surface area contributed by atoms with E-state index in [-0.39, 0.29) is 29.0 Å². The molecule has 10 heteroatoms. The van der Waals surface area contributed by atoms with Gasteiger partial charge < -0.3 is 14.6 Å². The molecule has 0 radical (unpaired) electrons. The number of aromatic nitrogens is 5. The smallest absolute Gasteiger partial charge is 0.295 e. The summed E-state index contributed by atoms with van der Waals surface area (Å²) in [4.78, 5) is 25.9. The van der Waals surface area contributed by atoms with Crippen LogP contribution in [0.4, 0.5) is 5.69 Å². The van der Waals surface area contributed by atoms with E-state index in [0.717, 1.165) is 17.9 Å². The van der Waals surface area contributed by atoms with E-state index in [0.29, 0.717) is 23.2 Å². The first-order valence-electron chi connectivity index (χ1n) is 12.3. The zero-order valence-electron chi connectivity index (χ0n) is 21.8. The minimum Gasteiger partial charge on any atom is -0.483 e. The summed E-state index contributed by atoms with van der Waals surface area (Å²) in [7, 11) is 1.79. The van der Waals surface area contributed by atoms with Gasteiger partial charge in [-0.05, 0) is 57.0 Å². The van der Waals surface area contributed by atoms with Crippen LogP contribution in [-0.4, -0.2) is 35.8 Å². The lowest BCUT2D eigenvalue weighted by atomic mass is 10.2. The Morgan fingerprint density at radius 3 is 2.43 bits per heavy atom. The molecule has 194 valence electrons. The molecule has 0 fully saturated rings. The second-order valence-corrected chi connectivity index (χ2v) is 9.56. The maximum Gasteiger partial charge on any atom is 0.295 e. The van der Waals surface area contributed by atoms with Crippen molar-refractivity contribution < 1.29 is 9.53 Å². The van der Waals surface area contributed by atoms with Crippen LogP contribution in [0.2, 0.25) is 0 Å². The molecule has 2 aromatic carbocycles. The summed E-state index contributed by atoms with van der Waals surface area (Å²) < 4.78 is 11.3. The number of carbonyl (C=O) groups excluding carboxylic acids is 1. The maximum atomic E-state index is 13.1. The zero-order chi connectivity index (χ0) is 26.5. The number of para-hydroxylation sites is 1. The van der Waals surface area contributed by atoms with Crippen LogP contribution in [0.1, 0.15) is 44.0 Å². The van der Waals surface area contributed by atoms with Crippen molar-refractivity contribution in [2.24, 2.45) is 7.05 Å². The first kappa shape index (κ1) is 26.3. The quantitative estimate of drug-likeness (QED) is 0.309. The van der Waals surface area contributed by atoms with Crippen molar-refractivity contribution >= 4 is 23.4 Å². The predicted octanol–water partition coefficient (Wildman–Crippen LogP) is 4.53. The van der Waals surface area contributed by atoms with Gasteiger partial charge in [0.25, 0.3) is 5.56 Å². The summed E-state index contributed by atoms with van der Waals surface area (Å²) in [6.07, 6.45) is 0.660. The van der Waals surface area contributed by atoms with Crippen molar-refractivity contribution in [1.82, 2.24) is 24.1 Å². The highest BCUT2D eigenvalue weighted by atomic mass is 32.2. The molecule has 1 unspecified atom stereocenters. The van der Waals surface area contributed by atoms with Gasteiger partial charge in [-0.15, -0.1) is 10.2 Å². The predicted molar refractivity (Wildman–Crippen MR) is 146 cm³/mol. The van der Waals surface area contributed by atoms with Gasteiger partial charge in [-0.25, -0.2) is 4.68 Å². The monoisotopic (exact) mass is 520 g/mol. The van der Waals surface area contributed by atoms with Crippen LogP contribution in [0, 0.1) is 6.92 Å². The molecule has 0 spiro atoms. The van der Waals surface area contributed by atoms with Crippen LogP contribution < -0.4 is 15.6 Å². The molecule has 0 aliphatic heterocycles. The number of nitrogens with one attached hydrogen (secondary N) is 1. The van der Waals surface area contributed by atoms with E-state index in [1.807, 2.05) is 60.9 Å². The highest BCUT2D eigenvalue weighted by Gasteiger charge is 2.21. The molecule has 2 heterocycles. The van der Waals surface area contributed by atoms with E-state index < -0.39 is 0 Å². The van der Waals surface area contributed by atoms with E-state index in [1.54, 1.807) is 18.7 Å². The van der Waals surface area contributed by atoms with Crippen molar-refractivity contribution in [3.8, 4) is 11.4 Å². The fraction of sp³-hybridized carbons (Fsp3) is 0.333. The number of anilines is 1. The van der Waals surface area contributed by atoms with Crippen LogP contribution in [-0.2, 0) is 24.8 Å². The average Bonchev–Trinajstić information content (AvgIpc) is 3.42. The minimum atomic E-state index is -0.313. The lowest BCUT2D eigenvalue weighted by molar-refractivity contribution is -0.113. The summed E-state index contributed by atoms with van der Waals surface area (Å²) in [6.45, 7) is 8.48. The number of benzene rings is 2. The molecule has 37 heavy (non-hydrogen) atoms. The molecule has 0 saturated heterocycles. The first-order chi connectivity index (χ1) is 17.8. The van der Waals surface area contributed by atoms with E-state index in [4.69, 9.17) is 4.74 Å². The molecule has 0 saturated carbocycles. The SMILES string of the molecule is CCc1ccc(OC(C)c2nnc(SCC(=O)Nc3c(C)n(C)n(-c4ccccc4)c3=O)n2CC)cc1. The topological polar surface area (TPSA) is 96.0 Å². The van der Waals surface area contributed by atoms with Gasteiger partial charge in [-0.2, -0.15) is 0 Å². The molecule has 0 bridgehead atoms. The second kappa shape index (κ2) is 11.5. The summed E-state index contributed by atoms with van der Waals surface area (Å²) in [5.41, 5.74) is 2.64. The number of carbonyl (C=O) groups is 1. The molecule has 0 aliphatic rings. The molecule has 9 nitrogen and oxygen atoms in total. The largest absolute Gasteiger partial charge is 0.483 e. The third-order valence-corrected chi connectivity index (χ3v) is 7.19. The van der Waals surface area contributed by atoms with Crippen molar-refractivity contribution in [2.45, 2.75) is 51.9 Å². The minimum absolute atomic E-state index is 0.0883. The number of thioether (sulfide) groups is 1. The van der Waals surface area contributed by atoms with Crippen molar-refractivity contribution in [3.63, 3.8) is 0 Å². The normalized spacial score (nSPS) is 11.9. The van der Waals surface area contributed by atoms with Crippen LogP contribution >= 0.6 is 11.8 Å². The van der Waals surface area contributed by atoms with Gasteiger partial charge in [0, 0.05) is 13.6 Å². The van der Waals surface area contributed by atoms with Crippen molar-refractivity contribution in [2.75, 3.05) is 11.1 Å². The van der Waals surface area contributed by atoms with E-state index in [1.165, 1.54) is 22.0 Å². The molecular weight excluding hydrogens is 488 g/mol. The molecule has 4 aromatic rings. The first-order valence-corrected chi connectivity index (χ1v) is 13.3. The fourth-order valence-corrected chi connectivity index (χ4v) is 4.89. The van der Waals surface area contributed by atoms with Crippen LogP contribution in [0.3, 0.4) is 0 Å². The summed E-state index contributed by atoms with van der Waals surface area (Å²) in [6, 6.07) is 17.3. The van der Waals surface area contributed by atoms with Gasteiger partial charge in [0.15, 0.2) is 17.1 Å². The standard InChI is InChI=1S/C27H32N6O3S/c1-6-20-13-15-22(16-14-20)36-19(4)25-29-30-27(32(25)7-2)37-17-23(34)28-24-18(3)31(5)33(26(24)35)21-11-9-8-10-12-21/h8-16,19H,6-7,17H2,1-5H3,(H,28,34). The number of hydrogen-bond acceptors (Lipinski definition) is 6. The summed E-state index contributed by atoms with van der Waals surface area (Å²) in [5.74, 6) is 1.26. The third-order valence-electron chi connectivity index (χ3n) is 6.22. The van der Waals surface area contributed by atoms with Gasteiger partial charge in [0.2, 0.25) is 5.91 Å². The van der Waals surface area contributed by atoms with Gasteiger partial charge in [0.05, 0.1) is 17.1 Å². The molecule has 1 amide bonds. The molecule has 1 atom stereocenters. The molecular formula is C27H32N6O3S. The molecule has 4 rings (SSSR count). The van der Waals surface area contributed by atoms with Gasteiger partial charge in [-0.1, -0.05) is 49.0 Å². The Kier molecular flexibility index (Phi) is 8.17. The van der Waals surface area contributed by atoms with E-state index in [9.17, 15) is 9.59 Å². The van der Waals surface area contributed by atoms with Crippen LogP contribution in [0.5, 0.6) is 5.75 Å². The number of rotatable bonds is 10. The fourth-order valence-electron chi connectivity index (χ4n) is 4.08. The Balaban J connectivity index is 1.43. The van der Waals surface area contributed by atoms with Gasteiger partial charge in [-0.3, -0.25) is 14.3 Å². The Hall–Kier alpha value is -3.79. The second-order valence-electron chi connectivity index (χ2n) is 8.62. The van der Waals surface area contributed by atoms with Gasteiger partial charge in [0.1, 0.15) is 11.4 Å². The van der Waals surface area contributed by atoms with E-state index >= 15 is 0 Å². The molecule has 0 aliphatic carbocycles. The van der Waals surface area contributed by atoms with Gasteiger partial charge >= 0.3 is 0 Å². The van der Waals surface area contributed by atoms with Crippen LogP contribution in [0.25, 0.3) is 5.69 Å². The molecule has 1 N–H and O–H groups in total. The zero-order valence-corrected chi connectivity index (χ0v) is 22.6. The van der Waals surface area contributed by atoms with Crippen molar-refractivity contribution in [1.29, 1.82) is 0 Å². The lowest BCUT2D eigenvalue weighted by Gasteiger charge is -2.15. The highest BCUT2D eigenvalue weighted by Crippen LogP contribution is 2.25. The average molecular weight is 521 g/mol. The van der Waals surface area contributed by atoms with Crippen molar-refractivity contribution in [3.05, 3.63) is 82.0 Å². The Morgan fingerprint density at radius 1 is 1.08 bits per heavy atom. The lowest BCUT2D eigenvalue weighted by Crippen LogP contribution is -2.23. The van der Waals surface area contributed by atoms with Crippen LogP contribution in [0.15, 0.2) is 64.5 Å². The third kappa shape index (κ3) is 5.64. The maximum absolute atomic E-state index is 13.1.